The number of pyridine rings is 1. The minimum absolute atomic E-state index is 0.00761. The normalized spacial score (nSPS) is 19.4. The number of methoxy groups -OCH3 is 1. The van der Waals surface area contributed by atoms with Gasteiger partial charge < -0.3 is 9.30 Å². The summed E-state index contributed by atoms with van der Waals surface area (Å²) in [6, 6.07) is 8.82. The molecule has 40 heavy (non-hydrogen) atoms. The standard InChI is InChI=1S/C29H33F3N6O2/c1-35-18-33-34-27(35)26(20-6-3-7-20)21-8-4-9-22(13-21)37-16-25-24(29(30,31)32)12-19(15-38(25)28(37)39)14-36-11-5-10-23(36)17-40-2/h4,8-9,12-13,15-16,18,20,23,26H,3,5-7,10-11,14,17H2,1-2H3/t23-,26+/m0/s1. The third kappa shape index (κ3) is 4.85. The van der Waals surface area contributed by atoms with Gasteiger partial charge in [-0.25, -0.2) is 4.79 Å². The molecule has 3 aromatic heterocycles. The molecular formula is C29H33F3N6O2. The second-order valence-corrected chi connectivity index (χ2v) is 11.1. The maximum absolute atomic E-state index is 14.3. The van der Waals surface area contributed by atoms with Gasteiger partial charge in [-0.05, 0) is 67.5 Å². The van der Waals surface area contributed by atoms with Crippen LogP contribution in [0.15, 0.2) is 53.8 Å². The van der Waals surface area contributed by atoms with Gasteiger partial charge in [-0.1, -0.05) is 18.6 Å². The first-order chi connectivity index (χ1) is 19.2. The minimum Gasteiger partial charge on any atom is -0.383 e. The van der Waals surface area contributed by atoms with E-state index in [0.29, 0.717) is 30.3 Å². The van der Waals surface area contributed by atoms with Crippen molar-refractivity contribution in [2.24, 2.45) is 13.0 Å². The van der Waals surface area contributed by atoms with Crippen LogP contribution in [0.1, 0.15) is 60.5 Å². The Bertz CT molecular complexity index is 1570. The summed E-state index contributed by atoms with van der Waals surface area (Å²) in [5, 5.41) is 8.42. The van der Waals surface area contributed by atoms with E-state index in [1.807, 2.05) is 29.8 Å². The molecule has 1 aromatic carbocycles. The highest BCUT2D eigenvalue weighted by Crippen LogP contribution is 2.43. The van der Waals surface area contributed by atoms with E-state index in [4.69, 9.17) is 4.74 Å². The topological polar surface area (TPSA) is 69.6 Å². The van der Waals surface area contributed by atoms with Gasteiger partial charge in [0, 0.05) is 45.1 Å². The second kappa shape index (κ2) is 10.5. The maximum atomic E-state index is 14.3. The molecule has 0 N–H and O–H groups in total. The highest BCUT2D eigenvalue weighted by Gasteiger charge is 2.36. The molecule has 1 saturated heterocycles. The van der Waals surface area contributed by atoms with Crippen molar-refractivity contribution >= 4 is 5.52 Å². The predicted octanol–water partition coefficient (Wildman–Crippen LogP) is 4.78. The van der Waals surface area contributed by atoms with E-state index in [1.165, 1.54) is 16.8 Å². The molecule has 4 aromatic rings. The van der Waals surface area contributed by atoms with E-state index < -0.39 is 17.4 Å². The number of halogens is 3. The summed E-state index contributed by atoms with van der Waals surface area (Å²) in [5.74, 6) is 1.23. The van der Waals surface area contributed by atoms with E-state index in [2.05, 4.69) is 15.1 Å². The van der Waals surface area contributed by atoms with Crippen LogP contribution in [-0.4, -0.2) is 54.9 Å². The summed E-state index contributed by atoms with van der Waals surface area (Å²) in [6.07, 6.45) is 5.09. The van der Waals surface area contributed by atoms with Gasteiger partial charge in [-0.15, -0.1) is 10.2 Å². The lowest BCUT2D eigenvalue weighted by Gasteiger charge is -2.33. The zero-order valence-corrected chi connectivity index (χ0v) is 22.6. The Morgan fingerprint density at radius 1 is 1.12 bits per heavy atom. The summed E-state index contributed by atoms with van der Waals surface area (Å²) in [6.45, 7) is 1.63. The lowest BCUT2D eigenvalue weighted by atomic mass is 9.72. The number of hydrogen-bond donors (Lipinski definition) is 0. The van der Waals surface area contributed by atoms with Crippen LogP contribution in [-0.2, 0) is 24.5 Å². The summed E-state index contributed by atoms with van der Waals surface area (Å²) < 4.78 is 52.5. The lowest BCUT2D eigenvalue weighted by Crippen LogP contribution is -2.32. The number of alkyl halides is 3. The van der Waals surface area contributed by atoms with E-state index in [-0.39, 0.29) is 17.5 Å². The number of rotatable bonds is 8. The molecular weight excluding hydrogens is 521 g/mol. The van der Waals surface area contributed by atoms with Gasteiger partial charge in [0.2, 0.25) is 0 Å². The molecule has 1 aliphatic carbocycles. The number of imidazole rings is 1. The molecule has 212 valence electrons. The Morgan fingerprint density at radius 3 is 2.62 bits per heavy atom. The molecule has 2 aliphatic rings. The Kier molecular flexibility index (Phi) is 7.03. The SMILES string of the molecule is COC[C@@H]1CCCN1Cc1cc(C(F)(F)F)c2cn(-c3cccc([C@H](c4nncn4C)C4CCC4)c3)c(=O)n2c1. The molecule has 11 heteroatoms. The molecule has 0 bridgehead atoms. The minimum atomic E-state index is -4.61. The summed E-state index contributed by atoms with van der Waals surface area (Å²) in [7, 11) is 3.54. The van der Waals surface area contributed by atoms with Crippen molar-refractivity contribution in [3.63, 3.8) is 0 Å². The highest BCUT2D eigenvalue weighted by atomic mass is 19.4. The number of aromatic nitrogens is 5. The van der Waals surface area contributed by atoms with Crippen LogP contribution in [0.5, 0.6) is 0 Å². The smallest absolute Gasteiger partial charge is 0.383 e. The first kappa shape index (κ1) is 26.8. The third-order valence-corrected chi connectivity index (χ3v) is 8.53. The van der Waals surface area contributed by atoms with Gasteiger partial charge in [-0.3, -0.25) is 13.9 Å². The fourth-order valence-electron chi connectivity index (χ4n) is 6.31. The molecule has 8 nitrogen and oxygen atoms in total. The number of aryl methyl sites for hydroxylation is 1. The summed E-state index contributed by atoms with van der Waals surface area (Å²) in [5.41, 5.74) is 0.427. The second-order valence-electron chi connectivity index (χ2n) is 11.1. The van der Waals surface area contributed by atoms with E-state index in [1.54, 1.807) is 25.7 Å². The van der Waals surface area contributed by atoms with E-state index >= 15 is 0 Å². The van der Waals surface area contributed by atoms with Gasteiger partial charge in [0.25, 0.3) is 0 Å². The zero-order chi connectivity index (χ0) is 28.0. The van der Waals surface area contributed by atoms with Crippen LogP contribution < -0.4 is 5.69 Å². The number of nitrogens with zero attached hydrogens (tertiary/aromatic N) is 6. The fourth-order valence-corrected chi connectivity index (χ4v) is 6.31. The van der Waals surface area contributed by atoms with Crippen LogP contribution in [0.3, 0.4) is 0 Å². The van der Waals surface area contributed by atoms with Crippen molar-refractivity contribution in [1.82, 2.24) is 28.6 Å². The van der Waals surface area contributed by atoms with Crippen molar-refractivity contribution in [3.8, 4) is 5.69 Å². The van der Waals surface area contributed by atoms with Gasteiger partial charge in [0.05, 0.1) is 23.4 Å². The van der Waals surface area contributed by atoms with Crippen LogP contribution in [0.4, 0.5) is 13.2 Å². The van der Waals surface area contributed by atoms with Gasteiger partial charge >= 0.3 is 11.9 Å². The Morgan fingerprint density at radius 2 is 1.95 bits per heavy atom. The van der Waals surface area contributed by atoms with Crippen molar-refractivity contribution < 1.29 is 17.9 Å². The Hall–Kier alpha value is -3.44. The van der Waals surface area contributed by atoms with E-state index in [9.17, 15) is 18.0 Å². The third-order valence-electron chi connectivity index (χ3n) is 8.53. The van der Waals surface area contributed by atoms with Gasteiger partial charge in [0.1, 0.15) is 12.2 Å². The average Bonchev–Trinajstić information content (AvgIpc) is 3.60. The molecule has 1 aliphatic heterocycles. The number of likely N-dealkylation sites (tertiary alicyclic amines) is 1. The van der Waals surface area contributed by atoms with Gasteiger partial charge in [-0.2, -0.15) is 13.2 Å². The van der Waals surface area contributed by atoms with Crippen LogP contribution in [0.25, 0.3) is 11.2 Å². The monoisotopic (exact) mass is 554 g/mol. The number of hydrogen-bond acceptors (Lipinski definition) is 5. The average molecular weight is 555 g/mol. The summed E-state index contributed by atoms with van der Waals surface area (Å²) in [4.78, 5) is 15.8. The largest absolute Gasteiger partial charge is 0.418 e. The van der Waals surface area contributed by atoms with Crippen molar-refractivity contribution in [3.05, 3.63) is 82.1 Å². The lowest BCUT2D eigenvalue weighted by molar-refractivity contribution is -0.136. The highest BCUT2D eigenvalue weighted by molar-refractivity contribution is 5.58. The molecule has 0 unspecified atom stereocenters. The first-order valence-corrected chi connectivity index (χ1v) is 13.8. The Labute approximate surface area is 230 Å². The molecule has 2 fully saturated rings. The van der Waals surface area contributed by atoms with Crippen LogP contribution >= 0.6 is 0 Å². The maximum Gasteiger partial charge on any atom is 0.418 e. The fraction of sp³-hybridized carbons (Fsp3) is 0.483. The number of fused-ring (bicyclic) bond motifs is 1. The predicted molar refractivity (Wildman–Crippen MR) is 143 cm³/mol. The molecule has 2 atom stereocenters. The molecule has 0 amide bonds. The van der Waals surface area contributed by atoms with Crippen LogP contribution in [0.2, 0.25) is 0 Å². The van der Waals surface area contributed by atoms with Crippen molar-refractivity contribution in [2.45, 2.75) is 56.8 Å². The molecule has 4 heterocycles. The zero-order valence-electron chi connectivity index (χ0n) is 22.6. The first-order valence-electron chi connectivity index (χ1n) is 13.8. The van der Waals surface area contributed by atoms with Crippen molar-refractivity contribution in [2.75, 3.05) is 20.3 Å². The molecule has 1 saturated carbocycles. The van der Waals surface area contributed by atoms with Gasteiger partial charge in [0.15, 0.2) is 0 Å². The number of benzene rings is 1. The molecule has 6 rings (SSSR count). The van der Waals surface area contributed by atoms with Crippen molar-refractivity contribution in [1.29, 1.82) is 0 Å². The van der Waals surface area contributed by atoms with E-state index in [0.717, 1.165) is 54.4 Å². The van der Waals surface area contributed by atoms with Crippen LogP contribution in [0, 0.1) is 5.92 Å². The quantitative estimate of drug-likeness (QED) is 0.314. The Balaban J connectivity index is 1.42. The molecule has 0 spiro atoms. The molecule has 0 radical (unpaired) electrons. The number of ether oxygens (including phenoxy) is 1. The summed E-state index contributed by atoms with van der Waals surface area (Å²) >= 11 is 0.